The van der Waals surface area contributed by atoms with Crippen LogP contribution in [0.3, 0.4) is 0 Å². The summed E-state index contributed by atoms with van der Waals surface area (Å²) in [5.41, 5.74) is 2.92. The fourth-order valence-electron chi connectivity index (χ4n) is 4.05. The molecule has 2 aromatic rings. The van der Waals surface area contributed by atoms with Crippen molar-refractivity contribution >= 4 is 46.6 Å². The number of ether oxygens (including phenoxy) is 2. The molecule has 7 nitrogen and oxygen atoms in total. The van der Waals surface area contributed by atoms with E-state index in [4.69, 9.17) is 26.2 Å². The molecule has 0 saturated carbocycles. The Morgan fingerprint density at radius 2 is 1.97 bits per heavy atom. The number of benzene rings is 2. The molecule has 0 bridgehead atoms. The number of nitrogens with zero attached hydrogens (tertiary/aromatic N) is 4. The first kappa shape index (κ1) is 24.2. The number of rotatable bonds is 6. The van der Waals surface area contributed by atoms with Gasteiger partial charge in [-0.2, -0.15) is 5.10 Å². The first-order valence-corrected chi connectivity index (χ1v) is 12.3. The number of fused-ring (bicyclic) bond motifs is 1. The van der Waals surface area contributed by atoms with Crippen LogP contribution in [0.25, 0.3) is 4.91 Å². The van der Waals surface area contributed by atoms with Gasteiger partial charge in [-0.1, -0.05) is 30.3 Å². The molecule has 178 valence electrons. The first-order valence-electron chi connectivity index (χ1n) is 11.0. The second kappa shape index (κ2) is 11.0. The molecule has 2 aromatic carbocycles. The van der Waals surface area contributed by atoms with Crippen molar-refractivity contribution in [3.05, 3.63) is 65.2 Å². The summed E-state index contributed by atoms with van der Waals surface area (Å²) >= 11 is 7.69. The van der Waals surface area contributed by atoms with E-state index in [-0.39, 0.29) is 18.7 Å². The zero-order valence-electron chi connectivity index (χ0n) is 19.1. The Labute approximate surface area is 209 Å². The molecule has 1 atom stereocenters. The van der Waals surface area contributed by atoms with E-state index in [1.165, 1.54) is 0 Å². The van der Waals surface area contributed by atoms with Crippen molar-refractivity contribution in [2.45, 2.75) is 18.9 Å². The van der Waals surface area contributed by atoms with Gasteiger partial charge in [0.15, 0.2) is 11.5 Å². The van der Waals surface area contributed by atoms with Crippen LogP contribution in [0.2, 0.25) is 5.02 Å². The molecule has 3 aliphatic heterocycles. The molecule has 1 amide bonds. The van der Waals surface area contributed by atoms with Crippen LogP contribution in [-0.2, 0) is 4.79 Å². The van der Waals surface area contributed by atoms with Gasteiger partial charge in [0.2, 0.25) is 12.7 Å². The number of hydrogen-bond donors (Lipinski definition) is 0. The maximum absolute atomic E-state index is 12.4. The minimum Gasteiger partial charge on any atom is -0.454 e. The third-order valence-corrected chi connectivity index (χ3v) is 6.92. The predicted octanol–water partition coefficient (Wildman–Crippen LogP) is 4.76. The minimum absolute atomic E-state index is 0.0458. The number of aliphatic imine (C=N–C) groups is 1. The van der Waals surface area contributed by atoms with Gasteiger partial charge < -0.3 is 19.4 Å². The summed E-state index contributed by atoms with van der Waals surface area (Å²) in [4.78, 5) is 18.6. The van der Waals surface area contributed by atoms with Gasteiger partial charge in [0.25, 0.3) is 0 Å². The van der Waals surface area contributed by atoms with Gasteiger partial charge in [0, 0.05) is 35.5 Å². The average molecular weight is 499 g/mol. The molecule has 0 radical (unpaired) electrons. The van der Waals surface area contributed by atoms with E-state index >= 15 is 0 Å². The van der Waals surface area contributed by atoms with Crippen LogP contribution in [0.15, 0.2) is 59.1 Å². The quantitative estimate of drug-likeness (QED) is 0.537. The molecule has 3 aliphatic rings. The highest BCUT2D eigenvalue weighted by atomic mass is 35.5. The highest BCUT2D eigenvalue weighted by Crippen LogP contribution is 2.37. The van der Waals surface area contributed by atoms with E-state index in [0.717, 1.165) is 46.2 Å². The van der Waals surface area contributed by atoms with Crippen LogP contribution < -0.4 is 9.47 Å². The number of halogens is 1. The van der Waals surface area contributed by atoms with Gasteiger partial charge >= 0.3 is 0 Å². The van der Waals surface area contributed by atoms with E-state index in [1.54, 1.807) is 18.8 Å². The normalized spacial score (nSPS) is 18.5. The molecule has 0 aromatic heterocycles. The second-order valence-electron chi connectivity index (χ2n) is 7.97. The van der Waals surface area contributed by atoms with Gasteiger partial charge in [0.1, 0.15) is 0 Å². The molecule has 0 N–H and O–H groups in total. The van der Waals surface area contributed by atoms with E-state index in [9.17, 15) is 4.79 Å². The second-order valence-corrected chi connectivity index (χ2v) is 9.44. The van der Waals surface area contributed by atoms with E-state index in [0.29, 0.717) is 23.9 Å². The summed E-state index contributed by atoms with van der Waals surface area (Å²) in [5.74, 6) is 2.35. The zero-order valence-corrected chi connectivity index (χ0v) is 20.6. The number of thioether (sulfide) groups is 1. The number of likely N-dealkylation sites (tertiary alicyclic amines) is 1. The fourth-order valence-corrected chi connectivity index (χ4v) is 4.94. The van der Waals surface area contributed by atoms with Crippen molar-refractivity contribution in [1.29, 1.82) is 0 Å². The molecule has 0 aliphatic carbocycles. The standard InChI is InChI=1S/C23H22ClN3O3S.C2H5N/c1-15(17-6-9-20-21(11-17)30-14-29-20)31-13-26-12-19(27-10-2-3-22(27)28)23(25-26)16-4-7-18(24)8-5-16;1-3-2/h4-9,11,19H,1-3,10,12-14H2;1H2,2H3. The Kier molecular flexibility index (Phi) is 7.80. The molecule has 1 saturated heterocycles. The Morgan fingerprint density at radius 3 is 2.68 bits per heavy atom. The van der Waals surface area contributed by atoms with Crippen LogP contribution in [0.1, 0.15) is 24.0 Å². The SMILES string of the molecule is C=C(SCN1CC(N2CCCC2=O)C(c2ccc(Cl)cc2)=N1)c1ccc2c(c1)OCO2.C=NC. The van der Waals surface area contributed by atoms with Crippen molar-refractivity contribution in [3.63, 3.8) is 0 Å². The largest absolute Gasteiger partial charge is 0.454 e. The summed E-state index contributed by atoms with van der Waals surface area (Å²) in [5, 5.41) is 7.58. The maximum Gasteiger partial charge on any atom is 0.231 e. The number of carbonyl (C=O) groups is 1. The van der Waals surface area contributed by atoms with Crippen LogP contribution in [0, 0.1) is 0 Å². The topological polar surface area (TPSA) is 66.7 Å². The lowest BCUT2D eigenvalue weighted by molar-refractivity contribution is -0.128. The summed E-state index contributed by atoms with van der Waals surface area (Å²) in [6.07, 6.45) is 1.51. The third kappa shape index (κ3) is 5.39. The molecule has 9 heteroatoms. The summed E-state index contributed by atoms with van der Waals surface area (Å²) < 4.78 is 10.8. The Bertz CT molecular complexity index is 1110. The number of carbonyl (C=O) groups excluding carboxylic acids is 1. The molecule has 3 heterocycles. The van der Waals surface area contributed by atoms with Crippen molar-refractivity contribution in [3.8, 4) is 11.5 Å². The van der Waals surface area contributed by atoms with Crippen molar-refractivity contribution in [2.24, 2.45) is 10.1 Å². The lowest BCUT2D eigenvalue weighted by Gasteiger charge is -2.25. The molecule has 0 spiro atoms. The predicted molar refractivity (Wildman–Crippen MR) is 139 cm³/mol. The zero-order chi connectivity index (χ0) is 24.1. The van der Waals surface area contributed by atoms with Gasteiger partial charge in [-0.3, -0.25) is 9.80 Å². The molecule has 34 heavy (non-hydrogen) atoms. The van der Waals surface area contributed by atoms with Gasteiger partial charge in [-0.05, 0) is 49.0 Å². The van der Waals surface area contributed by atoms with Crippen LogP contribution >= 0.6 is 23.4 Å². The highest BCUT2D eigenvalue weighted by Gasteiger charge is 2.37. The third-order valence-electron chi connectivity index (χ3n) is 5.66. The van der Waals surface area contributed by atoms with Crippen molar-refractivity contribution < 1.29 is 14.3 Å². The van der Waals surface area contributed by atoms with Crippen LogP contribution in [-0.4, -0.2) is 67.1 Å². The molecular formula is C25H27ClN4O3S. The molecular weight excluding hydrogens is 472 g/mol. The summed E-state index contributed by atoms with van der Waals surface area (Å²) in [6, 6.07) is 13.5. The Balaban J connectivity index is 0.000000868. The smallest absolute Gasteiger partial charge is 0.231 e. The van der Waals surface area contributed by atoms with Crippen LogP contribution in [0.4, 0.5) is 0 Å². The lowest BCUT2D eigenvalue weighted by atomic mass is 10.0. The van der Waals surface area contributed by atoms with Crippen LogP contribution in [0.5, 0.6) is 11.5 Å². The van der Waals surface area contributed by atoms with E-state index in [1.807, 2.05) is 52.4 Å². The van der Waals surface area contributed by atoms with E-state index < -0.39 is 0 Å². The van der Waals surface area contributed by atoms with Gasteiger partial charge in [-0.15, -0.1) is 11.8 Å². The summed E-state index contributed by atoms with van der Waals surface area (Å²) in [6.45, 7) is 9.04. The first-order chi connectivity index (χ1) is 16.5. The minimum atomic E-state index is -0.0458. The fraction of sp³-hybridized carbons (Fsp3) is 0.320. The Hall–Kier alpha value is -2.97. The number of hydrazone groups is 1. The molecule has 5 rings (SSSR count). The highest BCUT2D eigenvalue weighted by molar-refractivity contribution is 8.08. The average Bonchev–Trinajstić information content (AvgIpc) is 3.57. The monoisotopic (exact) mass is 498 g/mol. The number of hydrogen-bond acceptors (Lipinski definition) is 7. The maximum atomic E-state index is 12.4. The number of amides is 1. The molecule has 1 fully saturated rings. The van der Waals surface area contributed by atoms with E-state index in [2.05, 4.69) is 18.3 Å². The van der Waals surface area contributed by atoms with Gasteiger partial charge in [0.05, 0.1) is 24.2 Å². The molecule has 1 unspecified atom stereocenters. The lowest BCUT2D eigenvalue weighted by Crippen LogP contribution is -2.43. The van der Waals surface area contributed by atoms with Gasteiger partial charge in [-0.25, -0.2) is 0 Å². The summed E-state index contributed by atoms with van der Waals surface area (Å²) in [7, 11) is 1.64. The van der Waals surface area contributed by atoms with Crippen molar-refractivity contribution in [1.82, 2.24) is 9.91 Å². The van der Waals surface area contributed by atoms with Crippen molar-refractivity contribution in [2.75, 3.05) is 32.8 Å². The Morgan fingerprint density at radius 1 is 1.24 bits per heavy atom.